The number of imidazole rings is 1. The highest BCUT2D eigenvalue weighted by molar-refractivity contribution is 5.52. The van der Waals surface area contributed by atoms with Crippen LogP contribution >= 0.6 is 0 Å². The molecule has 3 heteroatoms. The Morgan fingerprint density at radius 2 is 2.00 bits per heavy atom. The standard InChI is InChI=1S/C13H17N3/c1-16(2)13-6-4-3-5-11(13)7-8-12-9-14-10-15-12/h3-6,9-10H,7-8H2,1-2H3,(H,14,15). The maximum Gasteiger partial charge on any atom is 0.0923 e. The predicted octanol–water partition coefficient (Wildman–Crippen LogP) is 2.26. The Morgan fingerprint density at radius 3 is 2.69 bits per heavy atom. The number of aryl methyl sites for hydroxylation is 2. The van der Waals surface area contributed by atoms with E-state index in [9.17, 15) is 0 Å². The number of anilines is 1. The average molecular weight is 215 g/mol. The number of H-pyrrole nitrogens is 1. The molecule has 0 aliphatic heterocycles. The molecule has 0 saturated carbocycles. The molecule has 0 amide bonds. The van der Waals surface area contributed by atoms with Crippen molar-refractivity contribution in [1.29, 1.82) is 0 Å². The van der Waals surface area contributed by atoms with E-state index >= 15 is 0 Å². The lowest BCUT2D eigenvalue weighted by Gasteiger charge is -2.16. The van der Waals surface area contributed by atoms with Crippen LogP contribution < -0.4 is 4.90 Å². The van der Waals surface area contributed by atoms with Gasteiger partial charge in [-0.1, -0.05) is 18.2 Å². The van der Waals surface area contributed by atoms with Gasteiger partial charge in [-0.25, -0.2) is 4.98 Å². The fraction of sp³-hybridized carbons (Fsp3) is 0.308. The van der Waals surface area contributed by atoms with E-state index in [0.717, 1.165) is 18.5 Å². The molecule has 0 unspecified atom stereocenters. The molecule has 1 N–H and O–H groups in total. The Labute approximate surface area is 96.1 Å². The first-order valence-corrected chi connectivity index (χ1v) is 5.50. The van der Waals surface area contributed by atoms with Crippen LogP contribution in [0.2, 0.25) is 0 Å². The molecule has 0 fully saturated rings. The first-order valence-electron chi connectivity index (χ1n) is 5.50. The lowest BCUT2D eigenvalue weighted by Crippen LogP contribution is -2.11. The largest absolute Gasteiger partial charge is 0.377 e. The molecular weight excluding hydrogens is 198 g/mol. The van der Waals surface area contributed by atoms with Crippen LogP contribution in [-0.4, -0.2) is 24.1 Å². The van der Waals surface area contributed by atoms with Gasteiger partial charge in [0.2, 0.25) is 0 Å². The quantitative estimate of drug-likeness (QED) is 0.848. The number of rotatable bonds is 4. The van der Waals surface area contributed by atoms with Crippen molar-refractivity contribution in [1.82, 2.24) is 9.97 Å². The van der Waals surface area contributed by atoms with Crippen LogP contribution in [0.15, 0.2) is 36.8 Å². The Bertz CT molecular complexity index is 432. The van der Waals surface area contributed by atoms with Crippen molar-refractivity contribution in [2.45, 2.75) is 12.8 Å². The zero-order chi connectivity index (χ0) is 11.4. The summed E-state index contributed by atoms with van der Waals surface area (Å²) < 4.78 is 0. The third-order valence-electron chi connectivity index (χ3n) is 2.68. The first kappa shape index (κ1) is 10.7. The van der Waals surface area contributed by atoms with Crippen LogP contribution in [-0.2, 0) is 12.8 Å². The van der Waals surface area contributed by atoms with Crippen LogP contribution in [0.1, 0.15) is 11.3 Å². The fourth-order valence-electron chi connectivity index (χ4n) is 1.85. The van der Waals surface area contributed by atoms with Crippen molar-refractivity contribution >= 4 is 5.69 Å². The Hall–Kier alpha value is -1.77. The summed E-state index contributed by atoms with van der Waals surface area (Å²) in [5, 5.41) is 0. The molecule has 1 aromatic heterocycles. The molecule has 0 aliphatic rings. The molecule has 0 radical (unpaired) electrons. The molecule has 0 atom stereocenters. The normalized spacial score (nSPS) is 10.4. The van der Waals surface area contributed by atoms with Crippen LogP contribution in [0.3, 0.4) is 0 Å². The number of hydrogen-bond acceptors (Lipinski definition) is 2. The SMILES string of the molecule is CN(C)c1ccccc1CCc1c[nH]cn1. The lowest BCUT2D eigenvalue weighted by molar-refractivity contribution is 0.916. The van der Waals surface area contributed by atoms with Crippen molar-refractivity contribution < 1.29 is 0 Å². The molecule has 84 valence electrons. The minimum atomic E-state index is 0.981. The van der Waals surface area contributed by atoms with E-state index in [0.29, 0.717) is 0 Å². The molecule has 1 heterocycles. The predicted molar refractivity (Wildman–Crippen MR) is 66.8 cm³/mol. The average Bonchev–Trinajstić information content (AvgIpc) is 2.79. The second kappa shape index (κ2) is 4.84. The van der Waals surface area contributed by atoms with E-state index in [-0.39, 0.29) is 0 Å². The van der Waals surface area contributed by atoms with Crippen molar-refractivity contribution in [3.05, 3.63) is 48.0 Å². The number of para-hydroxylation sites is 1. The molecule has 2 rings (SSSR count). The highest BCUT2D eigenvalue weighted by Gasteiger charge is 2.04. The van der Waals surface area contributed by atoms with Crippen molar-refractivity contribution in [2.24, 2.45) is 0 Å². The van der Waals surface area contributed by atoms with Crippen LogP contribution in [0.25, 0.3) is 0 Å². The molecule has 3 nitrogen and oxygen atoms in total. The number of nitrogens with zero attached hydrogens (tertiary/aromatic N) is 2. The van der Waals surface area contributed by atoms with Gasteiger partial charge in [-0.2, -0.15) is 0 Å². The highest BCUT2D eigenvalue weighted by atomic mass is 15.1. The molecule has 0 spiro atoms. The second-order valence-electron chi connectivity index (χ2n) is 4.08. The molecule has 0 bridgehead atoms. The van der Waals surface area contributed by atoms with Gasteiger partial charge >= 0.3 is 0 Å². The van der Waals surface area contributed by atoms with E-state index in [4.69, 9.17) is 0 Å². The van der Waals surface area contributed by atoms with Gasteiger partial charge in [0.05, 0.1) is 12.0 Å². The summed E-state index contributed by atoms with van der Waals surface area (Å²) in [6, 6.07) is 8.50. The number of hydrogen-bond donors (Lipinski definition) is 1. The van der Waals surface area contributed by atoms with Gasteiger partial charge in [-0.15, -0.1) is 0 Å². The number of nitrogens with one attached hydrogen (secondary N) is 1. The van der Waals surface area contributed by atoms with E-state index in [1.807, 2.05) is 6.20 Å². The maximum absolute atomic E-state index is 4.24. The number of benzene rings is 1. The second-order valence-corrected chi connectivity index (χ2v) is 4.08. The third kappa shape index (κ3) is 2.42. The summed E-state index contributed by atoms with van der Waals surface area (Å²) in [5.41, 5.74) is 3.78. The van der Waals surface area contributed by atoms with Gasteiger partial charge in [-0.05, 0) is 24.5 Å². The summed E-state index contributed by atoms with van der Waals surface area (Å²) in [6.07, 6.45) is 5.69. The maximum atomic E-state index is 4.24. The summed E-state index contributed by atoms with van der Waals surface area (Å²) >= 11 is 0. The van der Waals surface area contributed by atoms with E-state index < -0.39 is 0 Å². The van der Waals surface area contributed by atoms with Crippen molar-refractivity contribution in [3.63, 3.8) is 0 Å². The van der Waals surface area contributed by atoms with Crippen LogP contribution in [0, 0.1) is 0 Å². The Kier molecular flexibility index (Phi) is 3.25. The molecule has 1 aromatic carbocycles. The topological polar surface area (TPSA) is 31.9 Å². The summed E-state index contributed by atoms with van der Waals surface area (Å²) in [4.78, 5) is 9.37. The van der Waals surface area contributed by atoms with Gasteiger partial charge in [0.1, 0.15) is 0 Å². The van der Waals surface area contributed by atoms with Crippen molar-refractivity contribution in [3.8, 4) is 0 Å². The first-order chi connectivity index (χ1) is 7.77. The van der Waals surface area contributed by atoms with Crippen LogP contribution in [0.4, 0.5) is 5.69 Å². The van der Waals surface area contributed by atoms with Gasteiger partial charge in [0.15, 0.2) is 0 Å². The zero-order valence-corrected chi connectivity index (χ0v) is 9.77. The molecule has 16 heavy (non-hydrogen) atoms. The van der Waals surface area contributed by atoms with E-state index in [1.165, 1.54) is 11.3 Å². The van der Waals surface area contributed by atoms with Gasteiger partial charge < -0.3 is 9.88 Å². The smallest absolute Gasteiger partial charge is 0.0923 e. The molecule has 0 saturated heterocycles. The monoisotopic (exact) mass is 215 g/mol. The number of aromatic amines is 1. The molecule has 2 aromatic rings. The zero-order valence-electron chi connectivity index (χ0n) is 9.77. The highest BCUT2D eigenvalue weighted by Crippen LogP contribution is 2.19. The summed E-state index contributed by atoms with van der Waals surface area (Å²) in [7, 11) is 4.15. The molecule has 0 aliphatic carbocycles. The van der Waals surface area contributed by atoms with Gasteiger partial charge in [-0.3, -0.25) is 0 Å². The van der Waals surface area contributed by atoms with E-state index in [1.54, 1.807) is 6.33 Å². The Morgan fingerprint density at radius 1 is 1.19 bits per heavy atom. The Balaban J connectivity index is 2.09. The summed E-state index contributed by atoms with van der Waals surface area (Å²) in [6.45, 7) is 0. The van der Waals surface area contributed by atoms with Crippen molar-refractivity contribution in [2.75, 3.05) is 19.0 Å². The summed E-state index contributed by atoms with van der Waals surface area (Å²) in [5.74, 6) is 0. The third-order valence-corrected chi connectivity index (χ3v) is 2.68. The minimum Gasteiger partial charge on any atom is -0.377 e. The minimum absolute atomic E-state index is 0.981. The van der Waals surface area contributed by atoms with Crippen LogP contribution in [0.5, 0.6) is 0 Å². The molecular formula is C13H17N3. The lowest BCUT2D eigenvalue weighted by atomic mass is 10.1. The van der Waals surface area contributed by atoms with Gasteiger partial charge in [0, 0.05) is 26.0 Å². The van der Waals surface area contributed by atoms with E-state index in [2.05, 4.69) is 53.2 Å². The van der Waals surface area contributed by atoms with Gasteiger partial charge in [0.25, 0.3) is 0 Å². The number of aromatic nitrogens is 2. The fourth-order valence-corrected chi connectivity index (χ4v) is 1.85.